The van der Waals surface area contributed by atoms with Gasteiger partial charge in [-0.1, -0.05) is 12.8 Å². The maximum Gasteiger partial charge on any atom is 0.359 e. The van der Waals surface area contributed by atoms with Crippen molar-refractivity contribution in [1.82, 2.24) is 15.1 Å². The molecule has 7 heteroatoms. The van der Waals surface area contributed by atoms with Crippen LogP contribution in [0.1, 0.15) is 41.9 Å². The predicted octanol–water partition coefficient (Wildman–Crippen LogP) is 0.526. The van der Waals surface area contributed by atoms with Gasteiger partial charge in [0.15, 0.2) is 12.3 Å². The summed E-state index contributed by atoms with van der Waals surface area (Å²) in [6.45, 7) is 1.41. The summed E-state index contributed by atoms with van der Waals surface area (Å²) in [4.78, 5) is 23.6. The van der Waals surface area contributed by atoms with Gasteiger partial charge in [-0.05, 0) is 19.8 Å². The van der Waals surface area contributed by atoms with E-state index in [0.717, 1.165) is 25.7 Å². The molecule has 0 radical (unpaired) electrons. The van der Waals surface area contributed by atoms with Crippen molar-refractivity contribution in [3.05, 3.63) is 11.4 Å². The second-order valence-electron chi connectivity index (χ2n) is 5.10. The molecule has 1 heterocycles. The highest BCUT2D eigenvalue weighted by Gasteiger charge is 2.21. The van der Waals surface area contributed by atoms with Crippen LogP contribution in [0.3, 0.4) is 0 Å². The van der Waals surface area contributed by atoms with Gasteiger partial charge >= 0.3 is 5.97 Å². The fourth-order valence-electron chi connectivity index (χ4n) is 2.46. The smallest absolute Gasteiger partial charge is 0.359 e. The van der Waals surface area contributed by atoms with Crippen LogP contribution in [0.15, 0.2) is 0 Å². The minimum atomic E-state index is -0.632. The summed E-state index contributed by atoms with van der Waals surface area (Å²) in [5.41, 5.74) is 6.79. The molecule has 1 aliphatic rings. The van der Waals surface area contributed by atoms with Crippen molar-refractivity contribution in [2.45, 2.75) is 38.6 Å². The van der Waals surface area contributed by atoms with Gasteiger partial charge in [0.05, 0.1) is 11.4 Å². The average Bonchev–Trinajstić information content (AvgIpc) is 2.96. The summed E-state index contributed by atoms with van der Waals surface area (Å²) >= 11 is 0. The molecule has 1 aliphatic carbocycles. The van der Waals surface area contributed by atoms with Gasteiger partial charge in [-0.3, -0.25) is 9.48 Å². The number of anilines is 1. The van der Waals surface area contributed by atoms with Crippen molar-refractivity contribution in [2.75, 3.05) is 12.3 Å². The number of hydrogen-bond donors (Lipinski definition) is 2. The van der Waals surface area contributed by atoms with E-state index in [0.29, 0.717) is 5.69 Å². The van der Waals surface area contributed by atoms with E-state index in [4.69, 9.17) is 10.5 Å². The number of carbonyl (C=O) groups is 2. The van der Waals surface area contributed by atoms with Crippen molar-refractivity contribution in [3.63, 3.8) is 0 Å². The summed E-state index contributed by atoms with van der Waals surface area (Å²) in [6, 6.07) is 0.213. The van der Waals surface area contributed by atoms with Crippen LogP contribution in [-0.2, 0) is 16.6 Å². The topological polar surface area (TPSA) is 99.2 Å². The maximum absolute atomic E-state index is 11.9. The Morgan fingerprint density at radius 3 is 2.65 bits per heavy atom. The van der Waals surface area contributed by atoms with E-state index >= 15 is 0 Å². The molecule has 0 aliphatic heterocycles. The molecule has 0 spiro atoms. The first kappa shape index (κ1) is 14.4. The van der Waals surface area contributed by atoms with Gasteiger partial charge in [0, 0.05) is 13.1 Å². The second-order valence-corrected chi connectivity index (χ2v) is 5.10. The molecule has 1 saturated carbocycles. The summed E-state index contributed by atoms with van der Waals surface area (Å²) in [5.74, 6) is -0.908. The van der Waals surface area contributed by atoms with Crippen molar-refractivity contribution in [2.24, 2.45) is 7.05 Å². The van der Waals surface area contributed by atoms with Crippen LogP contribution in [0, 0.1) is 6.92 Å². The van der Waals surface area contributed by atoms with E-state index < -0.39 is 5.97 Å². The van der Waals surface area contributed by atoms with Gasteiger partial charge in [-0.2, -0.15) is 5.10 Å². The van der Waals surface area contributed by atoms with Crippen molar-refractivity contribution in [1.29, 1.82) is 0 Å². The van der Waals surface area contributed by atoms with E-state index in [9.17, 15) is 9.59 Å². The standard InChI is InChI=1S/C13H20N4O3/c1-8-11(14)12(17(2)16-8)13(19)20-7-10(18)15-9-5-3-4-6-9/h9H,3-7,14H2,1-2H3,(H,15,18). The van der Waals surface area contributed by atoms with E-state index in [1.165, 1.54) is 4.68 Å². The van der Waals surface area contributed by atoms with Crippen LogP contribution >= 0.6 is 0 Å². The number of carbonyl (C=O) groups excluding carboxylic acids is 2. The van der Waals surface area contributed by atoms with Gasteiger partial charge in [-0.25, -0.2) is 4.79 Å². The highest BCUT2D eigenvalue weighted by molar-refractivity contribution is 5.95. The number of aromatic nitrogens is 2. The Morgan fingerprint density at radius 1 is 1.45 bits per heavy atom. The number of amides is 1. The third-order valence-corrected chi connectivity index (χ3v) is 3.52. The first-order valence-electron chi connectivity index (χ1n) is 6.74. The zero-order valence-electron chi connectivity index (χ0n) is 11.8. The molecular formula is C13H20N4O3. The number of nitrogens with one attached hydrogen (secondary N) is 1. The van der Waals surface area contributed by atoms with Crippen molar-refractivity contribution < 1.29 is 14.3 Å². The van der Waals surface area contributed by atoms with Crippen molar-refractivity contribution in [3.8, 4) is 0 Å². The van der Waals surface area contributed by atoms with Crippen LogP contribution in [0.5, 0.6) is 0 Å². The van der Waals surface area contributed by atoms with E-state index in [1.807, 2.05) is 0 Å². The fraction of sp³-hybridized carbons (Fsp3) is 0.615. The Labute approximate surface area is 117 Å². The average molecular weight is 280 g/mol. The molecule has 0 bridgehead atoms. The number of rotatable bonds is 4. The molecule has 0 atom stereocenters. The highest BCUT2D eigenvalue weighted by atomic mass is 16.5. The lowest BCUT2D eigenvalue weighted by molar-refractivity contribution is -0.124. The third-order valence-electron chi connectivity index (χ3n) is 3.52. The zero-order valence-corrected chi connectivity index (χ0v) is 11.8. The first-order chi connectivity index (χ1) is 9.49. The number of hydrogen-bond acceptors (Lipinski definition) is 5. The Kier molecular flexibility index (Phi) is 4.26. The van der Waals surface area contributed by atoms with Gasteiger partial charge < -0.3 is 15.8 Å². The molecule has 0 aromatic carbocycles. The van der Waals surface area contributed by atoms with E-state index in [2.05, 4.69) is 10.4 Å². The number of ether oxygens (including phenoxy) is 1. The Bertz CT molecular complexity index is 518. The first-order valence-corrected chi connectivity index (χ1v) is 6.74. The molecule has 3 N–H and O–H groups in total. The Morgan fingerprint density at radius 2 is 2.10 bits per heavy atom. The Hall–Kier alpha value is -2.05. The molecule has 1 fully saturated rings. The molecule has 7 nitrogen and oxygen atoms in total. The summed E-state index contributed by atoms with van der Waals surface area (Å²) in [6.07, 6.45) is 4.26. The lowest BCUT2D eigenvalue weighted by Crippen LogP contribution is -2.36. The van der Waals surface area contributed by atoms with Crippen molar-refractivity contribution >= 4 is 17.6 Å². The molecule has 2 rings (SSSR count). The molecule has 110 valence electrons. The SMILES string of the molecule is Cc1nn(C)c(C(=O)OCC(=O)NC2CCCC2)c1N. The third kappa shape index (κ3) is 3.09. The predicted molar refractivity (Wildman–Crippen MR) is 73.0 cm³/mol. The van der Waals surface area contributed by atoms with Crippen LogP contribution in [-0.4, -0.2) is 34.3 Å². The van der Waals surface area contributed by atoms with Crippen LogP contribution < -0.4 is 11.1 Å². The van der Waals surface area contributed by atoms with Gasteiger partial charge in [0.25, 0.3) is 5.91 Å². The van der Waals surface area contributed by atoms with E-state index in [-0.39, 0.29) is 29.9 Å². The normalized spacial score (nSPS) is 15.3. The second kappa shape index (κ2) is 5.94. The van der Waals surface area contributed by atoms with Gasteiger partial charge in [0.2, 0.25) is 0 Å². The maximum atomic E-state index is 11.9. The summed E-state index contributed by atoms with van der Waals surface area (Å²) in [5, 5.41) is 6.88. The fourth-order valence-corrected chi connectivity index (χ4v) is 2.46. The monoisotopic (exact) mass is 280 g/mol. The number of nitrogen functional groups attached to an aromatic ring is 1. The number of aryl methyl sites for hydroxylation is 2. The molecule has 1 amide bonds. The van der Waals surface area contributed by atoms with E-state index in [1.54, 1.807) is 14.0 Å². The number of nitrogens with zero attached hydrogens (tertiary/aromatic N) is 2. The number of esters is 1. The molecule has 0 saturated heterocycles. The summed E-state index contributed by atoms with van der Waals surface area (Å²) in [7, 11) is 1.61. The minimum Gasteiger partial charge on any atom is -0.451 e. The lowest BCUT2D eigenvalue weighted by Gasteiger charge is -2.12. The lowest BCUT2D eigenvalue weighted by atomic mass is 10.2. The zero-order chi connectivity index (χ0) is 14.7. The highest BCUT2D eigenvalue weighted by Crippen LogP contribution is 2.18. The minimum absolute atomic E-state index is 0.177. The molecule has 1 aromatic heterocycles. The molecule has 20 heavy (non-hydrogen) atoms. The van der Waals surface area contributed by atoms with Crippen LogP contribution in [0.2, 0.25) is 0 Å². The molecular weight excluding hydrogens is 260 g/mol. The van der Waals surface area contributed by atoms with Crippen LogP contribution in [0.25, 0.3) is 0 Å². The number of nitrogens with two attached hydrogens (primary N) is 1. The molecule has 0 unspecified atom stereocenters. The van der Waals surface area contributed by atoms with Crippen LogP contribution in [0.4, 0.5) is 5.69 Å². The largest absolute Gasteiger partial charge is 0.451 e. The summed E-state index contributed by atoms with van der Waals surface area (Å²) < 4.78 is 6.35. The van der Waals surface area contributed by atoms with Gasteiger partial charge in [-0.15, -0.1) is 0 Å². The quantitative estimate of drug-likeness (QED) is 0.784. The van der Waals surface area contributed by atoms with Gasteiger partial charge in [0.1, 0.15) is 0 Å². The Balaban J connectivity index is 1.86. The molecule has 1 aromatic rings.